The maximum absolute atomic E-state index is 13.0. The first kappa shape index (κ1) is 25.0. The Labute approximate surface area is 184 Å². The van der Waals surface area contributed by atoms with Crippen LogP contribution in [0.3, 0.4) is 0 Å². The first-order valence-corrected chi connectivity index (χ1v) is 11.1. The van der Waals surface area contributed by atoms with E-state index in [1.54, 1.807) is 20.8 Å². The van der Waals surface area contributed by atoms with Crippen molar-refractivity contribution in [1.29, 1.82) is 0 Å². The molecular weight excluding hydrogens is 457 g/mol. The number of hydrogen-bond donors (Lipinski definition) is 1. The summed E-state index contributed by atoms with van der Waals surface area (Å²) in [6, 6.07) is 6.83. The van der Waals surface area contributed by atoms with Crippen molar-refractivity contribution in [3.8, 4) is 5.75 Å². The van der Waals surface area contributed by atoms with Crippen LogP contribution < -0.4 is 10.1 Å². The highest BCUT2D eigenvalue weighted by Gasteiger charge is 2.31. The summed E-state index contributed by atoms with van der Waals surface area (Å²) >= 11 is 5.88. The molecule has 1 amide bonds. The molecule has 0 spiro atoms. The molecule has 0 radical (unpaired) electrons. The van der Waals surface area contributed by atoms with Crippen LogP contribution in [0.2, 0.25) is 5.02 Å². The van der Waals surface area contributed by atoms with Crippen molar-refractivity contribution in [2.45, 2.75) is 31.8 Å². The van der Waals surface area contributed by atoms with Gasteiger partial charge < -0.3 is 10.1 Å². The molecule has 0 aliphatic rings. The van der Waals surface area contributed by atoms with Crippen molar-refractivity contribution in [1.82, 2.24) is 4.31 Å². The third kappa shape index (κ3) is 6.11. The minimum atomic E-state index is -4.62. The molecule has 0 saturated heterocycles. The van der Waals surface area contributed by atoms with Gasteiger partial charge in [0.05, 0.1) is 34.3 Å². The number of aryl methyl sites for hydroxylation is 1. The molecule has 31 heavy (non-hydrogen) atoms. The van der Waals surface area contributed by atoms with E-state index < -0.39 is 34.2 Å². The summed E-state index contributed by atoms with van der Waals surface area (Å²) in [7, 11) is -4.03. The van der Waals surface area contributed by atoms with Gasteiger partial charge in [-0.05, 0) is 55.8 Å². The molecule has 170 valence electrons. The molecule has 0 unspecified atom stereocenters. The fraction of sp³-hybridized carbons (Fsp3) is 0.350. The van der Waals surface area contributed by atoms with Gasteiger partial charge in [-0.15, -0.1) is 0 Å². The Morgan fingerprint density at radius 2 is 1.84 bits per heavy atom. The van der Waals surface area contributed by atoms with Crippen LogP contribution in [-0.4, -0.2) is 38.3 Å². The number of benzene rings is 2. The van der Waals surface area contributed by atoms with E-state index in [2.05, 4.69) is 5.32 Å². The summed E-state index contributed by atoms with van der Waals surface area (Å²) in [5.41, 5.74) is -0.636. The van der Waals surface area contributed by atoms with Crippen LogP contribution in [0.15, 0.2) is 41.3 Å². The predicted molar refractivity (Wildman–Crippen MR) is 112 cm³/mol. The summed E-state index contributed by atoms with van der Waals surface area (Å²) in [5.74, 6) is -0.282. The van der Waals surface area contributed by atoms with E-state index in [-0.39, 0.29) is 22.2 Å². The second-order valence-electron chi connectivity index (χ2n) is 6.53. The number of nitrogens with one attached hydrogen (secondary N) is 1. The Morgan fingerprint density at radius 1 is 1.16 bits per heavy atom. The van der Waals surface area contributed by atoms with Crippen molar-refractivity contribution < 1.29 is 31.1 Å². The Bertz CT molecular complexity index is 1060. The van der Waals surface area contributed by atoms with Gasteiger partial charge in [-0.2, -0.15) is 17.5 Å². The largest absolute Gasteiger partial charge is 0.494 e. The van der Waals surface area contributed by atoms with Gasteiger partial charge in [0.2, 0.25) is 15.9 Å². The number of alkyl halides is 3. The summed E-state index contributed by atoms with van der Waals surface area (Å²) < 4.78 is 70.9. The molecule has 2 aromatic rings. The van der Waals surface area contributed by atoms with E-state index in [0.717, 1.165) is 16.4 Å². The Kier molecular flexibility index (Phi) is 7.96. The second kappa shape index (κ2) is 9.88. The van der Waals surface area contributed by atoms with Crippen LogP contribution in [0.4, 0.5) is 18.9 Å². The number of halogens is 4. The number of carbonyl (C=O) groups excluding carboxylic acids is 1. The van der Waals surface area contributed by atoms with Crippen LogP contribution in [0.1, 0.15) is 25.0 Å². The van der Waals surface area contributed by atoms with Crippen LogP contribution >= 0.6 is 11.6 Å². The first-order valence-electron chi connectivity index (χ1n) is 9.30. The number of sulfonamides is 1. The average Bonchev–Trinajstić information content (AvgIpc) is 2.68. The van der Waals surface area contributed by atoms with Crippen LogP contribution in [0.5, 0.6) is 5.75 Å². The van der Waals surface area contributed by atoms with Crippen molar-refractivity contribution in [2.24, 2.45) is 0 Å². The van der Waals surface area contributed by atoms with E-state index in [0.29, 0.717) is 24.0 Å². The van der Waals surface area contributed by atoms with Crippen molar-refractivity contribution in [3.05, 3.63) is 52.5 Å². The van der Waals surface area contributed by atoms with Crippen LogP contribution in [0, 0.1) is 6.92 Å². The zero-order valence-electron chi connectivity index (χ0n) is 17.1. The van der Waals surface area contributed by atoms with Crippen LogP contribution in [-0.2, 0) is 21.0 Å². The predicted octanol–water partition coefficient (Wildman–Crippen LogP) is 4.72. The van der Waals surface area contributed by atoms with Crippen LogP contribution in [0.25, 0.3) is 0 Å². The first-order chi connectivity index (χ1) is 14.4. The van der Waals surface area contributed by atoms with Crippen molar-refractivity contribution in [2.75, 3.05) is 25.0 Å². The molecule has 6 nitrogen and oxygen atoms in total. The molecule has 2 rings (SSSR count). The lowest BCUT2D eigenvalue weighted by Gasteiger charge is -2.21. The second-order valence-corrected chi connectivity index (χ2v) is 8.88. The molecule has 0 saturated carbocycles. The minimum absolute atomic E-state index is 0.0276. The molecule has 0 aliphatic heterocycles. The SMILES string of the molecule is CCOc1ccc(S(=O)(=O)N(CC)CC(=O)Nc2cc(C(F)(F)F)ccc2Cl)cc1C. The Hall–Kier alpha value is -2.30. The van der Waals surface area contributed by atoms with Gasteiger partial charge in [-0.3, -0.25) is 4.79 Å². The number of amides is 1. The fourth-order valence-electron chi connectivity index (χ4n) is 2.76. The van der Waals surface area contributed by atoms with Gasteiger partial charge >= 0.3 is 6.18 Å². The standard InChI is InChI=1S/C20H22ClF3N2O4S/c1-4-26(31(28,29)15-7-9-18(30-5-2)13(3)10-15)12-19(27)25-17-11-14(20(22,23)24)6-8-16(17)21/h6-11H,4-5,12H2,1-3H3,(H,25,27). The molecule has 0 aliphatic carbocycles. The third-order valence-corrected chi connectivity index (χ3v) is 6.57. The smallest absolute Gasteiger partial charge is 0.416 e. The lowest BCUT2D eigenvalue weighted by Crippen LogP contribution is -2.38. The van der Waals surface area contributed by atoms with Gasteiger partial charge in [-0.1, -0.05) is 18.5 Å². The Morgan fingerprint density at radius 3 is 2.39 bits per heavy atom. The van der Waals surface area contributed by atoms with E-state index in [1.807, 2.05) is 0 Å². The zero-order valence-corrected chi connectivity index (χ0v) is 18.7. The summed E-state index contributed by atoms with van der Waals surface area (Å²) in [4.78, 5) is 12.4. The number of carbonyl (C=O) groups is 1. The number of rotatable bonds is 8. The number of likely N-dealkylation sites (N-methyl/N-ethyl adjacent to an activating group) is 1. The van der Waals surface area contributed by atoms with Gasteiger partial charge in [0.25, 0.3) is 0 Å². The monoisotopic (exact) mass is 478 g/mol. The van der Waals surface area contributed by atoms with Gasteiger partial charge in [0, 0.05) is 6.54 Å². The Balaban J connectivity index is 2.22. The van der Waals surface area contributed by atoms with E-state index in [9.17, 15) is 26.4 Å². The number of nitrogens with zero attached hydrogens (tertiary/aromatic N) is 1. The van der Waals surface area contributed by atoms with Gasteiger partial charge in [-0.25, -0.2) is 8.42 Å². The maximum Gasteiger partial charge on any atom is 0.416 e. The fourth-order valence-corrected chi connectivity index (χ4v) is 4.42. The highest BCUT2D eigenvalue weighted by Crippen LogP contribution is 2.34. The average molecular weight is 479 g/mol. The lowest BCUT2D eigenvalue weighted by atomic mass is 10.2. The molecule has 1 N–H and O–H groups in total. The molecule has 0 aromatic heterocycles. The quantitative estimate of drug-likeness (QED) is 0.596. The highest BCUT2D eigenvalue weighted by molar-refractivity contribution is 7.89. The molecule has 2 aromatic carbocycles. The number of hydrogen-bond acceptors (Lipinski definition) is 4. The van der Waals surface area contributed by atoms with Gasteiger partial charge in [0.15, 0.2) is 0 Å². The lowest BCUT2D eigenvalue weighted by molar-refractivity contribution is -0.137. The van der Waals surface area contributed by atoms with Crippen molar-refractivity contribution in [3.63, 3.8) is 0 Å². The maximum atomic E-state index is 13.0. The molecule has 0 heterocycles. The van der Waals surface area contributed by atoms with E-state index in [4.69, 9.17) is 16.3 Å². The summed E-state index contributed by atoms with van der Waals surface area (Å²) in [5, 5.41) is 2.15. The summed E-state index contributed by atoms with van der Waals surface area (Å²) in [6.07, 6.45) is -4.62. The third-order valence-electron chi connectivity index (χ3n) is 4.32. The number of ether oxygens (including phenoxy) is 1. The van der Waals surface area contributed by atoms with E-state index in [1.165, 1.54) is 18.2 Å². The molecule has 0 bridgehead atoms. The molecule has 11 heteroatoms. The molecule has 0 fully saturated rings. The normalized spacial score (nSPS) is 12.1. The molecule has 0 atom stereocenters. The minimum Gasteiger partial charge on any atom is -0.494 e. The van der Waals surface area contributed by atoms with Crippen molar-refractivity contribution >= 4 is 33.2 Å². The molecular formula is C20H22ClF3N2O4S. The van der Waals surface area contributed by atoms with E-state index >= 15 is 0 Å². The topological polar surface area (TPSA) is 75.7 Å². The zero-order chi connectivity index (χ0) is 23.4. The highest BCUT2D eigenvalue weighted by atomic mass is 35.5. The van der Waals surface area contributed by atoms with Gasteiger partial charge in [0.1, 0.15) is 5.75 Å². The summed E-state index contributed by atoms with van der Waals surface area (Å²) in [6.45, 7) is 4.84. The number of anilines is 1.